The lowest BCUT2D eigenvalue weighted by molar-refractivity contribution is -0.110. The molecular weight excluding hydrogens is 229 g/mol. The van der Waals surface area contributed by atoms with E-state index in [-0.39, 0.29) is 11.7 Å². The molecule has 88 valence electrons. The van der Waals surface area contributed by atoms with E-state index in [1.807, 2.05) is 24.3 Å². The molecule has 3 rings (SSSR count). The molecule has 18 heavy (non-hydrogen) atoms. The van der Waals surface area contributed by atoms with Crippen LogP contribution in [0.25, 0.3) is 11.6 Å². The van der Waals surface area contributed by atoms with Crippen molar-refractivity contribution in [2.24, 2.45) is 0 Å². The van der Waals surface area contributed by atoms with Crippen LogP contribution >= 0.6 is 0 Å². The van der Waals surface area contributed by atoms with Gasteiger partial charge in [0.1, 0.15) is 5.82 Å². The van der Waals surface area contributed by atoms with Gasteiger partial charge >= 0.3 is 0 Å². The Morgan fingerprint density at radius 1 is 1.06 bits per heavy atom. The summed E-state index contributed by atoms with van der Waals surface area (Å²) in [5.74, 6) is -0.462. The van der Waals surface area contributed by atoms with E-state index >= 15 is 0 Å². The van der Waals surface area contributed by atoms with E-state index in [0.717, 1.165) is 11.3 Å². The number of nitrogens with one attached hydrogen (secondary N) is 1. The summed E-state index contributed by atoms with van der Waals surface area (Å²) >= 11 is 0. The van der Waals surface area contributed by atoms with Crippen molar-refractivity contribution < 1.29 is 9.18 Å². The molecule has 1 N–H and O–H groups in total. The molecule has 1 heterocycles. The van der Waals surface area contributed by atoms with E-state index in [2.05, 4.69) is 5.32 Å². The maximum atomic E-state index is 13.1. The summed E-state index contributed by atoms with van der Waals surface area (Å²) < 4.78 is 13.1. The molecular formula is C15H10FNO. The minimum atomic E-state index is -0.309. The van der Waals surface area contributed by atoms with Gasteiger partial charge in [0.25, 0.3) is 5.91 Å². The molecule has 2 aromatic rings. The first kappa shape index (κ1) is 10.7. The SMILES string of the molecule is O=C1Nc2ccccc2/C1=C\c1cccc(F)c1. The number of hydrogen-bond donors (Lipinski definition) is 1. The molecule has 0 saturated carbocycles. The maximum Gasteiger partial charge on any atom is 0.256 e. The number of anilines is 1. The summed E-state index contributed by atoms with van der Waals surface area (Å²) in [6.07, 6.45) is 1.70. The van der Waals surface area contributed by atoms with E-state index < -0.39 is 0 Å². The summed E-state index contributed by atoms with van der Waals surface area (Å²) in [5.41, 5.74) is 2.89. The normalized spacial score (nSPS) is 15.6. The zero-order valence-corrected chi connectivity index (χ0v) is 9.48. The van der Waals surface area contributed by atoms with Gasteiger partial charge in [-0.2, -0.15) is 0 Å². The van der Waals surface area contributed by atoms with Gasteiger partial charge in [0.15, 0.2) is 0 Å². The highest BCUT2D eigenvalue weighted by molar-refractivity contribution is 6.34. The number of benzene rings is 2. The van der Waals surface area contributed by atoms with E-state index in [0.29, 0.717) is 11.1 Å². The van der Waals surface area contributed by atoms with Crippen LogP contribution in [0.2, 0.25) is 0 Å². The van der Waals surface area contributed by atoms with Crippen LogP contribution in [0.3, 0.4) is 0 Å². The zero-order chi connectivity index (χ0) is 12.5. The van der Waals surface area contributed by atoms with Gasteiger partial charge in [-0.1, -0.05) is 30.3 Å². The fourth-order valence-electron chi connectivity index (χ4n) is 2.05. The number of carbonyl (C=O) groups excluding carboxylic acids is 1. The van der Waals surface area contributed by atoms with Gasteiger partial charge < -0.3 is 5.32 Å². The Hall–Kier alpha value is -2.42. The Kier molecular flexibility index (Phi) is 2.45. The van der Waals surface area contributed by atoms with Crippen LogP contribution in [0.5, 0.6) is 0 Å². The zero-order valence-electron chi connectivity index (χ0n) is 9.48. The third-order valence-corrected chi connectivity index (χ3v) is 2.87. The lowest BCUT2D eigenvalue weighted by Crippen LogP contribution is -2.03. The van der Waals surface area contributed by atoms with Gasteiger partial charge in [-0.3, -0.25) is 4.79 Å². The second kappa shape index (κ2) is 4.11. The van der Waals surface area contributed by atoms with Crippen LogP contribution in [0.1, 0.15) is 11.1 Å². The largest absolute Gasteiger partial charge is 0.321 e. The lowest BCUT2D eigenvalue weighted by atomic mass is 10.0. The minimum Gasteiger partial charge on any atom is -0.321 e. The number of halogens is 1. The van der Waals surface area contributed by atoms with E-state index in [4.69, 9.17) is 0 Å². The first-order valence-electron chi connectivity index (χ1n) is 5.62. The van der Waals surface area contributed by atoms with Crippen molar-refractivity contribution in [1.29, 1.82) is 0 Å². The number of carbonyl (C=O) groups is 1. The average Bonchev–Trinajstić information content (AvgIpc) is 2.66. The Balaban J connectivity index is 2.10. The van der Waals surface area contributed by atoms with Crippen molar-refractivity contribution in [3.8, 4) is 0 Å². The number of hydrogen-bond acceptors (Lipinski definition) is 1. The summed E-state index contributed by atoms with van der Waals surface area (Å²) in [7, 11) is 0. The smallest absolute Gasteiger partial charge is 0.256 e. The molecule has 0 aliphatic carbocycles. The monoisotopic (exact) mass is 239 g/mol. The molecule has 0 spiro atoms. The van der Waals surface area contributed by atoms with Crippen LogP contribution in [-0.2, 0) is 4.79 Å². The number of amides is 1. The molecule has 0 bridgehead atoms. The molecule has 0 atom stereocenters. The van der Waals surface area contributed by atoms with Crippen molar-refractivity contribution in [2.75, 3.05) is 5.32 Å². The van der Waals surface area contributed by atoms with Crippen molar-refractivity contribution in [1.82, 2.24) is 0 Å². The third kappa shape index (κ3) is 1.80. The van der Waals surface area contributed by atoms with Crippen LogP contribution in [0.4, 0.5) is 10.1 Å². The van der Waals surface area contributed by atoms with Crippen LogP contribution in [0, 0.1) is 5.82 Å². The molecule has 0 radical (unpaired) electrons. The summed E-state index contributed by atoms with van der Waals surface area (Å²) in [6, 6.07) is 13.6. The number of para-hydroxylation sites is 1. The molecule has 0 saturated heterocycles. The molecule has 0 unspecified atom stereocenters. The highest BCUT2D eigenvalue weighted by Crippen LogP contribution is 2.32. The fourth-order valence-corrected chi connectivity index (χ4v) is 2.05. The molecule has 2 aromatic carbocycles. The second-order valence-corrected chi connectivity index (χ2v) is 4.11. The molecule has 0 aromatic heterocycles. The number of fused-ring (bicyclic) bond motifs is 1. The van der Waals surface area contributed by atoms with Crippen molar-refractivity contribution in [3.63, 3.8) is 0 Å². The molecule has 3 heteroatoms. The minimum absolute atomic E-state index is 0.152. The summed E-state index contributed by atoms with van der Waals surface area (Å²) in [4.78, 5) is 11.8. The van der Waals surface area contributed by atoms with Gasteiger partial charge in [-0.15, -0.1) is 0 Å². The van der Waals surface area contributed by atoms with E-state index in [1.165, 1.54) is 12.1 Å². The summed E-state index contributed by atoms with van der Waals surface area (Å²) in [6.45, 7) is 0. The standard InChI is InChI=1S/C15H10FNO/c16-11-5-3-4-10(8-11)9-13-12-6-1-2-7-14(12)17-15(13)18/h1-9H,(H,17,18)/b13-9+. The highest BCUT2D eigenvalue weighted by Gasteiger charge is 2.23. The third-order valence-electron chi connectivity index (χ3n) is 2.87. The first-order chi connectivity index (χ1) is 8.74. The average molecular weight is 239 g/mol. The Labute approximate surface area is 104 Å². The Morgan fingerprint density at radius 3 is 2.72 bits per heavy atom. The molecule has 1 aliphatic heterocycles. The van der Waals surface area contributed by atoms with Gasteiger partial charge in [0.2, 0.25) is 0 Å². The Morgan fingerprint density at radius 2 is 1.89 bits per heavy atom. The van der Waals surface area contributed by atoms with Crippen LogP contribution in [-0.4, -0.2) is 5.91 Å². The highest BCUT2D eigenvalue weighted by atomic mass is 19.1. The van der Waals surface area contributed by atoms with Crippen LogP contribution < -0.4 is 5.32 Å². The predicted octanol–water partition coefficient (Wildman–Crippen LogP) is 3.32. The van der Waals surface area contributed by atoms with Gasteiger partial charge in [0.05, 0.1) is 0 Å². The van der Waals surface area contributed by atoms with E-state index in [1.54, 1.807) is 18.2 Å². The summed E-state index contributed by atoms with van der Waals surface area (Å²) in [5, 5.41) is 2.78. The number of rotatable bonds is 1. The second-order valence-electron chi connectivity index (χ2n) is 4.11. The molecule has 2 nitrogen and oxygen atoms in total. The molecule has 1 amide bonds. The Bertz CT molecular complexity index is 661. The van der Waals surface area contributed by atoms with Gasteiger partial charge in [0, 0.05) is 16.8 Å². The van der Waals surface area contributed by atoms with Gasteiger partial charge in [-0.25, -0.2) is 4.39 Å². The van der Waals surface area contributed by atoms with Crippen molar-refractivity contribution >= 4 is 23.2 Å². The maximum absolute atomic E-state index is 13.1. The quantitative estimate of drug-likeness (QED) is 0.760. The fraction of sp³-hybridized carbons (Fsp3) is 0. The van der Waals surface area contributed by atoms with Crippen molar-refractivity contribution in [3.05, 3.63) is 65.5 Å². The van der Waals surface area contributed by atoms with Crippen molar-refractivity contribution in [2.45, 2.75) is 0 Å². The lowest BCUT2D eigenvalue weighted by Gasteiger charge is -1.98. The van der Waals surface area contributed by atoms with Gasteiger partial charge in [-0.05, 0) is 29.8 Å². The van der Waals surface area contributed by atoms with E-state index in [9.17, 15) is 9.18 Å². The topological polar surface area (TPSA) is 29.1 Å². The molecule has 1 aliphatic rings. The van der Waals surface area contributed by atoms with Crippen LogP contribution in [0.15, 0.2) is 48.5 Å². The predicted molar refractivity (Wildman–Crippen MR) is 69.3 cm³/mol. The molecule has 0 fully saturated rings. The first-order valence-corrected chi connectivity index (χ1v) is 5.62.